The number of amides is 2. The van der Waals surface area contributed by atoms with Crippen molar-refractivity contribution < 1.29 is 9.59 Å². The van der Waals surface area contributed by atoms with Gasteiger partial charge in [0.05, 0.1) is 0 Å². The number of carbonyl (C=O) groups excluding carboxylic acids is 2. The predicted octanol–water partition coefficient (Wildman–Crippen LogP) is 3.58. The molecule has 0 atom stereocenters. The Kier molecular flexibility index (Phi) is 5.75. The lowest BCUT2D eigenvalue weighted by atomic mass is 10.2. The van der Waals surface area contributed by atoms with Crippen LogP contribution in [0.5, 0.6) is 0 Å². The number of carbonyl (C=O) groups is 2. The van der Waals surface area contributed by atoms with Gasteiger partial charge in [0.25, 0.3) is 11.8 Å². The molecule has 0 saturated heterocycles. The van der Waals surface area contributed by atoms with Crippen LogP contribution in [0.15, 0.2) is 59.1 Å². The summed E-state index contributed by atoms with van der Waals surface area (Å²) in [7, 11) is 0. The number of nitrogens with one attached hydrogen (secondary N) is 2. The zero-order valence-corrected chi connectivity index (χ0v) is 13.7. The molecule has 0 fully saturated rings. The number of halogens is 2. The summed E-state index contributed by atoms with van der Waals surface area (Å²) in [5, 5.41) is 0.628. The van der Waals surface area contributed by atoms with Crippen molar-refractivity contribution in [2.45, 2.75) is 0 Å². The van der Waals surface area contributed by atoms with Gasteiger partial charge in [0, 0.05) is 21.1 Å². The van der Waals surface area contributed by atoms with Crippen molar-refractivity contribution >= 4 is 45.4 Å². The number of benzene rings is 2. The molecule has 0 spiro atoms. The molecule has 22 heavy (non-hydrogen) atoms. The number of hydrazine groups is 1. The second-order valence-electron chi connectivity index (χ2n) is 4.34. The Labute approximate surface area is 141 Å². The first-order valence-electron chi connectivity index (χ1n) is 6.34. The van der Waals surface area contributed by atoms with Crippen LogP contribution in [0.1, 0.15) is 15.9 Å². The molecule has 2 amide bonds. The fourth-order valence-corrected chi connectivity index (χ4v) is 1.97. The molecule has 0 unspecified atom stereocenters. The van der Waals surface area contributed by atoms with Crippen molar-refractivity contribution in [2.75, 3.05) is 0 Å². The maximum atomic E-state index is 11.8. The van der Waals surface area contributed by atoms with Crippen LogP contribution in [-0.4, -0.2) is 11.8 Å². The standard InChI is InChI=1S/C16H12BrClN2O2/c17-13-6-4-12(5-7-13)16(22)20-19-15(21)10-3-11-1-8-14(18)9-2-11/h1-10H,(H,19,21)(H,20,22)/b10-3+. The quantitative estimate of drug-likeness (QED) is 0.632. The van der Waals surface area contributed by atoms with Crippen LogP contribution in [0.25, 0.3) is 6.08 Å². The second-order valence-corrected chi connectivity index (χ2v) is 5.69. The van der Waals surface area contributed by atoms with Crippen molar-refractivity contribution in [2.24, 2.45) is 0 Å². The van der Waals surface area contributed by atoms with Crippen molar-refractivity contribution in [1.82, 2.24) is 10.9 Å². The molecule has 0 aliphatic carbocycles. The van der Waals surface area contributed by atoms with E-state index in [2.05, 4.69) is 26.8 Å². The second kappa shape index (κ2) is 7.77. The molecule has 0 aliphatic heterocycles. The first kappa shape index (κ1) is 16.3. The average molecular weight is 380 g/mol. The lowest BCUT2D eigenvalue weighted by Gasteiger charge is -2.05. The topological polar surface area (TPSA) is 58.2 Å². The summed E-state index contributed by atoms with van der Waals surface area (Å²) in [5.74, 6) is -0.818. The van der Waals surface area contributed by atoms with E-state index in [1.807, 2.05) is 0 Å². The van der Waals surface area contributed by atoms with Crippen molar-refractivity contribution in [3.8, 4) is 0 Å². The van der Waals surface area contributed by atoms with E-state index in [1.54, 1.807) is 54.6 Å². The summed E-state index contributed by atoms with van der Waals surface area (Å²) >= 11 is 9.06. The summed E-state index contributed by atoms with van der Waals surface area (Å²) in [6, 6.07) is 13.8. The minimum absolute atomic E-state index is 0.388. The molecule has 2 aromatic rings. The van der Waals surface area contributed by atoms with Gasteiger partial charge < -0.3 is 0 Å². The molecule has 2 aromatic carbocycles. The Morgan fingerprint density at radius 1 is 0.955 bits per heavy atom. The first-order chi connectivity index (χ1) is 10.5. The zero-order chi connectivity index (χ0) is 15.9. The van der Waals surface area contributed by atoms with Gasteiger partial charge in [-0.25, -0.2) is 0 Å². The highest BCUT2D eigenvalue weighted by Gasteiger charge is 2.05. The summed E-state index contributed by atoms with van der Waals surface area (Å²) in [4.78, 5) is 23.4. The predicted molar refractivity (Wildman–Crippen MR) is 90.2 cm³/mol. The summed E-state index contributed by atoms with van der Waals surface area (Å²) < 4.78 is 0.874. The van der Waals surface area contributed by atoms with Crippen molar-refractivity contribution in [1.29, 1.82) is 0 Å². The van der Waals surface area contributed by atoms with Crippen LogP contribution >= 0.6 is 27.5 Å². The smallest absolute Gasteiger partial charge is 0.268 e. The molecule has 0 saturated carbocycles. The first-order valence-corrected chi connectivity index (χ1v) is 7.51. The number of hydrogen-bond donors (Lipinski definition) is 2. The van der Waals surface area contributed by atoms with Crippen molar-refractivity contribution in [3.05, 3.63) is 75.2 Å². The van der Waals surface area contributed by atoms with Gasteiger partial charge in [0.15, 0.2) is 0 Å². The minimum atomic E-state index is -0.430. The van der Waals surface area contributed by atoms with Gasteiger partial charge in [-0.1, -0.05) is 39.7 Å². The van der Waals surface area contributed by atoms with Crippen molar-refractivity contribution in [3.63, 3.8) is 0 Å². The van der Waals surface area contributed by atoms with Crippen LogP contribution in [0.2, 0.25) is 5.02 Å². The van der Waals surface area contributed by atoms with E-state index >= 15 is 0 Å². The number of rotatable bonds is 3. The van der Waals surface area contributed by atoms with Crippen LogP contribution in [-0.2, 0) is 4.79 Å². The highest BCUT2D eigenvalue weighted by Crippen LogP contribution is 2.11. The third kappa shape index (κ3) is 5.02. The summed E-state index contributed by atoms with van der Waals surface area (Å²) in [5.41, 5.74) is 5.93. The average Bonchev–Trinajstić information content (AvgIpc) is 2.52. The van der Waals surface area contributed by atoms with Gasteiger partial charge in [-0.2, -0.15) is 0 Å². The Hall–Kier alpha value is -2.11. The van der Waals surface area contributed by atoms with Gasteiger partial charge in [-0.15, -0.1) is 0 Å². The van der Waals surface area contributed by atoms with Gasteiger partial charge in [0.2, 0.25) is 0 Å². The molecule has 0 radical (unpaired) electrons. The van der Waals surface area contributed by atoms with Crippen LogP contribution < -0.4 is 10.9 Å². The van der Waals surface area contributed by atoms with E-state index < -0.39 is 5.91 Å². The van der Waals surface area contributed by atoms with Crippen LogP contribution in [0.3, 0.4) is 0 Å². The largest absolute Gasteiger partial charge is 0.269 e. The maximum absolute atomic E-state index is 11.8. The lowest BCUT2D eigenvalue weighted by Crippen LogP contribution is -2.40. The monoisotopic (exact) mass is 378 g/mol. The van der Waals surface area contributed by atoms with E-state index in [9.17, 15) is 9.59 Å². The number of hydrogen-bond acceptors (Lipinski definition) is 2. The van der Waals surface area contributed by atoms with E-state index in [0.29, 0.717) is 10.6 Å². The van der Waals surface area contributed by atoms with Gasteiger partial charge in [-0.05, 0) is 48.0 Å². The summed E-state index contributed by atoms with van der Waals surface area (Å²) in [6.45, 7) is 0. The Morgan fingerprint density at radius 3 is 2.23 bits per heavy atom. The fraction of sp³-hybridized carbons (Fsp3) is 0. The molecule has 0 bridgehead atoms. The van der Waals surface area contributed by atoms with E-state index in [4.69, 9.17) is 11.6 Å². The molecule has 6 heteroatoms. The fourth-order valence-electron chi connectivity index (χ4n) is 1.58. The third-order valence-corrected chi connectivity index (χ3v) is 3.48. The molecule has 2 N–H and O–H groups in total. The van der Waals surface area contributed by atoms with Crippen LogP contribution in [0, 0.1) is 0 Å². The van der Waals surface area contributed by atoms with Gasteiger partial charge >= 0.3 is 0 Å². The molecule has 4 nitrogen and oxygen atoms in total. The molecule has 2 rings (SSSR count). The van der Waals surface area contributed by atoms with E-state index in [0.717, 1.165) is 10.0 Å². The molecule has 0 aromatic heterocycles. The molecular weight excluding hydrogens is 368 g/mol. The van der Waals surface area contributed by atoms with Gasteiger partial charge in [0.1, 0.15) is 0 Å². The van der Waals surface area contributed by atoms with E-state index in [1.165, 1.54) is 6.08 Å². The van der Waals surface area contributed by atoms with E-state index in [-0.39, 0.29) is 5.91 Å². The third-order valence-electron chi connectivity index (χ3n) is 2.70. The molecule has 112 valence electrons. The van der Waals surface area contributed by atoms with Gasteiger partial charge in [-0.3, -0.25) is 20.4 Å². The minimum Gasteiger partial charge on any atom is -0.268 e. The SMILES string of the molecule is O=C(/C=C/c1ccc(Cl)cc1)NNC(=O)c1ccc(Br)cc1. The molecular formula is C16H12BrClN2O2. The highest BCUT2D eigenvalue weighted by atomic mass is 79.9. The molecule has 0 heterocycles. The Morgan fingerprint density at radius 2 is 1.59 bits per heavy atom. The van der Waals surface area contributed by atoms with Crippen LogP contribution in [0.4, 0.5) is 0 Å². The summed E-state index contributed by atoms with van der Waals surface area (Å²) in [6.07, 6.45) is 2.95. The highest BCUT2D eigenvalue weighted by molar-refractivity contribution is 9.10. The zero-order valence-electron chi connectivity index (χ0n) is 11.3. The normalized spacial score (nSPS) is 10.5. The Bertz CT molecular complexity index is 697. The lowest BCUT2D eigenvalue weighted by molar-refractivity contribution is -0.117. The Balaban J connectivity index is 1.86. The maximum Gasteiger partial charge on any atom is 0.269 e. The molecule has 0 aliphatic rings.